The number of aryl methyl sites for hydroxylation is 3. The maximum Gasteiger partial charge on any atom is 0.273 e. The van der Waals surface area contributed by atoms with Crippen LogP contribution in [0.4, 0.5) is 5.69 Å². The molecule has 0 atom stereocenters. The quantitative estimate of drug-likeness (QED) is 0.516. The van der Waals surface area contributed by atoms with Crippen molar-refractivity contribution in [2.75, 3.05) is 5.32 Å². The first-order valence-corrected chi connectivity index (χ1v) is 9.45. The number of pyridine rings is 1. The van der Waals surface area contributed by atoms with Gasteiger partial charge in [-0.25, -0.2) is 15.0 Å². The van der Waals surface area contributed by atoms with Gasteiger partial charge in [-0.2, -0.15) is 5.10 Å². The Kier molecular flexibility index (Phi) is 5.05. The molecule has 1 N–H and O–H groups in total. The topological polar surface area (TPSA) is 103 Å². The standard InChI is InChI=1S/C22H20N6O2/c1-13-11-16(21-23-12-18-20(27-21)14(2)10-15(3)25-18)4-5-17(13)26-22(30)19-6-7-24-28(19)8-9-29/h4-7,9-12H,8H2,1-3H3,(H,26,30). The summed E-state index contributed by atoms with van der Waals surface area (Å²) in [4.78, 5) is 36.9. The summed E-state index contributed by atoms with van der Waals surface area (Å²) >= 11 is 0. The van der Waals surface area contributed by atoms with Gasteiger partial charge in [0.05, 0.1) is 18.3 Å². The lowest BCUT2D eigenvalue weighted by Gasteiger charge is -2.11. The average molecular weight is 400 g/mol. The third kappa shape index (κ3) is 3.67. The first-order chi connectivity index (χ1) is 14.5. The van der Waals surface area contributed by atoms with Crippen molar-refractivity contribution in [3.8, 4) is 11.4 Å². The van der Waals surface area contributed by atoms with Crippen LogP contribution in [0.25, 0.3) is 22.4 Å². The van der Waals surface area contributed by atoms with Gasteiger partial charge in [0.25, 0.3) is 5.91 Å². The number of carbonyl (C=O) groups is 2. The van der Waals surface area contributed by atoms with E-state index in [0.29, 0.717) is 23.5 Å². The van der Waals surface area contributed by atoms with Crippen LogP contribution >= 0.6 is 0 Å². The van der Waals surface area contributed by atoms with Gasteiger partial charge in [-0.05, 0) is 62.2 Å². The van der Waals surface area contributed by atoms with E-state index >= 15 is 0 Å². The second-order valence-corrected chi connectivity index (χ2v) is 7.06. The number of rotatable bonds is 5. The van der Waals surface area contributed by atoms with Crippen molar-refractivity contribution < 1.29 is 9.59 Å². The number of amides is 1. The summed E-state index contributed by atoms with van der Waals surface area (Å²) in [5, 5.41) is 6.85. The van der Waals surface area contributed by atoms with Crippen LogP contribution in [0.3, 0.4) is 0 Å². The zero-order valence-corrected chi connectivity index (χ0v) is 16.9. The van der Waals surface area contributed by atoms with Crippen molar-refractivity contribution in [3.05, 3.63) is 65.2 Å². The third-order valence-corrected chi connectivity index (χ3v) is 4.79. The number of benzene rings is 1. The Morgan fingerprint density at radius 3 is 2.70 bits per heavy atom. The van der Waals surface area contributed by atoms with Gasteiger partial charge >= 0.3 is 0 Å². The summed E-state index contributed by atoms with van der Waals surface area (Å²) in [5.41, 5.74) is 6.27. The van der Waals surface area contributed by atoms with Crippen LogP contribution in [0.15, 0.2) is 42.7 Å². The largest absolute Gasteiger partial charge is 0.320 e. The number of nitrogens with one attached hydrogen (secondary N) is 1. The predicted octanol–water partition coefficient (Wildman–Crippen LogP) is 3.26. The predicted molar refractivity (Wildman–Crippen MR) is 113 cm³/mol. The van der Waals surface area contributed by atoms with E-state index in [2.05, 4.69) is 25.4 Å². The minimum absolute atomic E-state index is 0.0285. The number of carbonyl (C=O) groups excluding carboxylic acids is 2. The van der Waals surface area contributed by atoms with E-state index in [9.17, 15) is 9.59 Å². The van der Waals surface area contributed by atoms with Crippen molar-refractivity contribution in [1.82, 2.24) is 24.7 Å². The molecule has 0 saturated carbocycles. The highest BCUT2D eigenvalue weighted by molar-refractivity contribution is 6.03. The van der Waals surface area contributed by atoms with E-state index in [1.807, 2.05) is 45.0 Å². The number of hydrogen-bond donors (Lipinski definition) is 1. The molecule has 0 aliphatic heterocycles. The number of anilines is 1. The molecule has 0 aliphatic rings. The lowest BCUT2D eigenvalue weighted by Crippen LogP contribution is -2.18. The highest BCUT2D eigenvalue weighted by Crippen LogP contribution is 2.25. The molecule has 1 amide bonds. The van der Waals surface area contributed by atoms with Gasteiger partial charge in [-0.15, -0.1) is 0 Å². The first-order valence-electron chi connectivity index (χ1n) is 9.45. The molecule has 0 unspecified atom stereocenters. The Labute approximate surface area is 173 Å². The summed E-state index contributed by atoms with van der Waals surface area (Å²) in [6.45, 7) is 5.88. The minimum Gasteiger partial charge on any atom is -0.320 e. The molecule has 3 heterocycles. The van der Waals surface area contributed by atoms with E-state index in [1.165, 1.54) is 10.9 Å². The lowest BCUT2D eigenvalue weighted by atomic mass is 10.1. The van der Waals surface area contributed by atoms with Crippen LogP contribution < -0.4 is 5.32 Å². The van der Waals surface area contributed by atoms with Crippen molar-refractivity contribution in [1.29, 1.82) is 0 Å². The Hall–Kier alpha value is -3.94. The third-order valence-electron chi connectivity index (χ3n) is 4.79. The van der Waals surface area contributed by atoms with Gasteiger partial charge in [-0.1, -0.05) is 0 Å². The van der Waals surface area contributed by atoms with E-state index in [-0.39, 0.29) is 12.5 Å². The lowest BCUT2D eigenvalue weighted by molar-refractivity contribution is -0.108. The summed E-state index contributed by atoms with van der Waals surface area (Å²) in [6.07, 6.45) is 3.92. The molecule has 0 radical (unpaired) electrons. The number of hydrogen-bond acceptors (Lipinski definition) is 6. The Morgan fingerprint density at radius 2 is 1.93 bits per heavy atom. The van der Waals surface area contributed by atoms with Gasteiger partial charge in [0.15, 0.2) is 5.82 Å². The molecule has 4 rings (SSSR count). The zero-order chi connectivity index (χ0) is 21.3. The molecule has 0 aliphatic carbocycles. The first kappa shape index (κ1) is 19.4. The maximum absolute atomic E-state index is 12.6. The molecule has 1 aromatic carbocycles. The maximum atomic E-state index is 12.6. The Bertz CT molecular complexity index is 1280. The SMILES string of the molecule is Cc1cc(C)c2nc(-c3ccc(NC(=O)c4ccnn4CC=O)c(C)c3)ncc2n1. The molecule has 150 valence electrons. The summed E-state index contributed by atoms with van der Waals surface area (Å²) in [7, 11) is 0. The smallest absolute Gasteiger partial charge is 0.273 e. The van der Waals surface area contributed by atoms with Crippen LogP contribution in [0, 0.1) is 20.8 Å². The molecule has 8 heteroatoms. The van der Waals surface area contributed by atoms with Crippen LogP contribution in [-0.2, 0) is 11.3 Å². The second-order valence-electron chi connectivity index (χ2n) is 7.06. The van der Waals surface area contributed by atoms with Crippen LogP contribution in [0.5, 0.6) is 0 Å². The van der Waals surface area contributed by atoms with Crippen molar-refractivity contribution >= 4 is 28.9 Å². The molecule has 3 aromatic heterocycles. The fourth-order valence-corrected chi connectivity index (χ4v) is 3.36. The summed E-state index contributed by atoms with van der Waals surface area (Å²) in [5.74, 6) is 0.269. The summed E-state index contributed by atoms with van der Waals surface area (Å²) < 4.78 is 1.35. The molecule has 4 aromatic rings. The van der Waals surface area contributed by atoms with Crippen LogP contribution in [0.1, 0.15) is 27.3 Å². The van der Waals surface area contributed by atoms with Gasteiger partial charge < -0.3 is 10.1 Å². The molecular formula is C22H20N6O2. The molecule has 0 spiro atoms. The summed E-state index contributed by atoms with van der Waals surface area (Å²) in [6, 6.07) is 9.18. The normalized spacial score (nSPS) is 10.9. The van der Waals surface area contributed by atoms with Gasteiger partial charge in [0, 0.05) is 23.1 Å². The molecule has 0 saturated heterocycles. The molecule has 0 fully saturated rings. The van der Waals surface area contributed by atoms with Gasteiger partial charge in [0.1, 0.15) is 17.5 Å². The Morgan fingerprint density at radius 1 is 1.10 bits per heavy atom. The van der Waals surface area contributed by atoms with E-state index < -0.39 is 0 Å². The second kappa shape index (κ2) is 7.82. The zero-order valence-electron chi connectivity index (χ0n) is 16.9. The average Bonchev–Trinajstić information content (AvgIpc) is 3.18. The van der Waals surface area contributed by atoms with E-state index in [1.54, 1.807) is 12.3 Å². The molecular weight excluding hydrogens is 380 g/mol. The molecule has 30 heavy (non-hydrogen) atoms. The monoisotopic (exact) mass is 400 g/mol. The number of fused-ring (bicyclic) bond motifs is 1. The highest BCUT2D eigenvalue weighted by atomic mass is 16.2. The van der Waals surface area contributed by atoms with Gasteiger partial charge in [-0.3, -0.25) is 9.48 Å². The fraction of sp³-hybridized carbons (Fsp3) is 0.182. The van der Waals surface area contributed by atoms with Crippen molar-refractivity contribution in [2.24, 2.45) is 0 Å². The van der Waals surface area contributed by atoms with Crippen molar-refractivity contribution in [2.45, 2.75) is 27.3 Å². The van der Waals surface area contributed by atoms with Crippen molar-refractivity contribution in [3.63, 3.8) is 0 Å². The van der Waals surface area contributed by atoms with Crippen LogP contribution in [0.2, 0.25) is 0 Å². The number of nitrogens with zero attached hydrogens (tertiary/aromatic N) is 5. The van der Waals surface area contributed by atoms with E-state index in [0.717, 1.165) is 33.4 Å². The molecule has 0 bridgehead atoms. The highest BCUT2D eigenvalue weighted by Gasteiger charge is 2.14. The minimum atomic E-state index is -0.329. The Balaban J connectivity index is 1.62. The fourth-order valence-electron chi connectivity index (χ4n) is 3.36. The van der Waals surface area contributed by atoms with Gasteiger partial charge in [0.2, 0.25) is 0 Å². The van der Waals surface area contributed by atoms with Crippen LogP contribution in [-0.4, -0.2) is 36.9 Å². The molecule has 8 nitrogen and oxygen atoms in total. The van der Waals surface area contributed by atoms with E-state index in [4.69, 9.17) is 0 Å². The number of aromatic nitrogens is 5. The number of aldehydes is 1.